The van der Waals surface area contributed by atoms with E-state index in [1.54, 1.807) is 18.2 Å². The van der Waals surface area contributed by atoms with Gasteiger partial charge in [-0.2, -0.15) is 0 Å². The van der Waals surface area contributed by atoms with Gasteiger partial charge in [0.2, 0.25) is 5.91 Å². The Morgan fingerprint density at radius 2 is 2.13 bits per heavy atom. The number of rotatable bonds is 3. The molecular formula is C10H13N3O2. The average Bonchev–Trinajstić information content (AvgIpc) is 2.14. The van der Waals surface area contributed by atoms with Gasteiger partial charge < -0.3 is 16.4 Å². The van der Waals surface area contributed by atoms with E-state index in [1.165, 1.54) is 6.92 Å². The highest BCUT2D eigenvalue weighted by molar-refractivity contribution is 5.87. The van der Waals surface area contributed by atoms with Crippen molar-refractivity contribution in [1.29, 1.82) is 0 Å². The molecule has 0 bridgehead atoms. The molecule has 0 aliphatic carbocycles. The molecule has 0 saturated heterocycles. The van der Waals surface area contributed by atoms with Crippen molar-refractivity contribution in [2.45, 2.75) is 13.5 Å². The molecule has 0 atom stereocenters. The van der Waals surface area contributed by atoms with Gasteiger partial charge in [-0.1, -0.05) is 12.1 Å². The Balaban J connectivity index is 2.65. The quantitative estimate of drug-likeness (QED) is 0.685. The average molecular weight is 207 g/mol. The van der Waals surface area contributed by atoms with Gasteiger partial charge in [-0.15, -0.1) is 0 Å². The van der Waals surface area contributed by atoms with E-state index >= 15 is 0 Å². The van der Waals surface area contributed by atoms with Crippen LogP contribution in [-0.4, -0.2) is 11.9 Å². The summed E-state index contributed by atoms with van der Waals surface area (Å²) in [5, 5.41) is 5.12. The summed E-state index contributed by atoms with van der Waals surface area (Å²) in [7, 11) is 0. The lowest BCUT2D eigenvalue weighted by atomic mass is 10.2. The molecule has 0 heterocycles. The first-order valence-corrected chi connectivity index (χ1v) is 4.48. The van der Waals surface area contributed by atoms with Gasteiger partial charge in [-0.25, -0.2) is 4.79 Å². The van der Waals surface area contributed by atoms with E-state index in [2.05, 4.69) is 10.6 Å². The highest BCUT2D eigenvalue weighted by atomic mass is 16.2. The van der Waals surface area contributed by atoms with Crippen molar-refractivity contribution in [3.63, 3.8) is 0 Å². The molecule has 3 amide bonds. The summed E-state index contributed by atoms with van der Waals surface area (Å²) >= 11 is 0. The number of anilines is 1. The van der Waals surface area contributed by atoms with Crippen LogP contribution in [0.3, 0.4) is 0 Å². The van der Waals surface area contributed by atoms with E-state index in [1.807, 2.05) is 6.07 Å². The number of benzene rings is 1. The van der Waals surface area contributed by atoms with Crippen molar-refractivity contribution in [1.82, 2.24) is 5.32 Å². The molecule has 0 radical (unpaired) electrons. The maximum absolute atomic E-state index is 10.7. The van der Waals surface area contributed by atoms with Crippen molar-refractivity contribution in [2.24, 2.45) is 5.73 Å². The lowest BCUT2D eigenvalue weighted by Gasteiger charge is -2.05. The van der Waals surface area contributed by atoms with E-state index in [0.29, 0.717) is 12.2 Å². The summed E-state index contributed by atoms with van der Waals surface area (Å²) in [5.41, 5.74) is 6.49. The van der Waals surface area contributed by atoms with Gasteiger partial charge in [0.05, 0.1) is 0 Å². The van der Waals surface area contributed by atoms with Gasteiger partial charge >= 0.3 is 6.03 Å². The molecule has 0 aromatic heterocycles. The molecule has 5 nitrogen and oxygen atoms in total. The molecule has 0 spiro atoms. The maximum Gasteiger partial charge on any atom is 0.316 e. The van der Waals surface area contributed by atoms with Crippen molar-refractivity contribution < 1.29 is 9.59 Å². The van der Waals surface area contributed by atoms with Crippen LogP contribution >= 0.6 is 0 Å². The van der Waals surface area contributed by atoms with Crippen LogP contribution in [0.15, 0.2) is 24.3 Å². The molecule has 4 N–H and O–H groups in total. The number of nitrogens with one attached hydrogen (secondary N) is 2. The van der Waals surface area contributed by atoms with E-state index in [4.69, 9.17) is 5.73 Å². The number of carbonyl (C=O) groups is 2. The van der Waals surface area contributed by atoms with Crippen molar-refractivity contribution in [2.75, 3.05) is 5.32 Å². The molecule has 5 heteroatoms. The van der Waals surface area contributed by atoms with Gasteiger partial charge in [0.15, 0.2) is 0 Å². The van der Waals surface area contributed by atoms with Crippen LogP contribution in [0.25, 0.3) is 0 Å². The highest BCUT2D eigenvalue weighted by Gasteiger charge is 1.98. The first kappa shape index (κ1) is 11.0. The third-order valence-corrected chi connectivity index (χ3v) is 1.74. The third-order valence-electron chi connectivity index (χ3n) is 1.74. The minimum atomic E-state index is -0.605. The van der Waals surface area contributed by atoms with Crippen LogP contribution < -0.4 is 16.4 Å². The zero-order chi connectivity index (χ0) is 11.3. The summed E-state index contributed by atoms with van der Waals surface area (Å²) in [5.74, 6) is -0.0942. The lowest BCUT2D eigenvalue weighted by Crippen LogP contribution is -2.20. The van der Waals surface area contributed by atoms with E-state index in [9.17, 15) is 9.59 Å². The summed E-state index contributed by atoms with van der Waals surface area (Å²) in [6, 6.07) is 6.50. The number of amides is 3. The van der Waals surface area contributed by atoms with Crippen LogP contribution in [0, 0.1) is 0 Å². The third kappa shape index (κ3) is 4.12. The molecule has 0 fully saturated rings. The number of urea groups is 1. The minimum absolute atomic E-state index is 0.0942. The maximum atomic E-state index is 10.7. The topological polar surface area (TPSA) is 84.2 Å². The van der Waals surface area contributed by atoms with E-state index in [-0.39, 0.29) is 5.91 Å². The Labute approximate surface area is 87.7 Å². The lowest BCUT2D eigenvalue weighted by molar-refractivity contribution is -0.119. The number of nitrogens with two attached hydrogens (primary N) is 1. The van der Waals surface area contributed by atoms with Crippen LogP contribution in [-0.2, 0) is 11.3 Å². The smallest absolute Gasteiger partial charge is 0.316 e. The molecule has 15 heavy (non-hydrogen) atoms. The van der Waals surface area contributed by atoms with Gasteiger partial charge in [0, 0.05) is 19.2 Å². The van der Waals surface area contributed by atoms with Gasteiger partial charge in [-0.05, 0) is 17.7 Å². The molecule has 0 aliphatic heterocycles. The molecule has 0 unspecified atom stereocenters. The number of carbonyl (C=O) groups excluding carboxylic acids is 2. The number of hydrogen-bond donors (Lipinski definition) is 3. The summed E-state index contributed by atoms with van der Waals surface area (Å²) in [6.07, 6.45) is 0. The normalized spacial score (nSPS) is 9.40. The first-order chi connectivity index (χ1) is 7.08. The second kappa shape index (κ2) is 4.99. The molecular weight excluding hydrogens is 194 g/mol. The van der Waals surface area contributed by atoms with Crippen LogP contribution in [0.2, 0.25) is 0 Å². The number of hydrogen-bond acceptors (Lipinski definition) is 2. The fraction of sp³-hybridized carbons (Fsp3) is 0.200. The first-order valence-electron chi connectivity index (χ1n) is 4.48. The van der Waals surface area contributed by atoms with Gasteiger partial charge in [0.25, 0.3) is 0 Å². The molecule has 80 valence electrons. The van der Waals surface area contributed by atoms with E-state index in [0.717, 1.165) is 5.56 Å². The Morgan fingerprint density at radius 3 is 2.73 bits per heavy atom. The fourth-order valence-corrected chi connectivity index (χ4v) is 1.13. The largest absolute Gasteiger partial charge is 0.352 e. The summed E-state index contributed by atoms with van der Waals surface area (Å²) in [4.78, 5) is 21.3. The fourth-order valence-electron chi connectivity index (χ4n) is 1.13. The summed E-state index contributed by atoms with van der Waals surface area (Å²) in [6.45, 7) is 1.88. The second-order valence-electron chi connectivity index (χ2n) is 3.10. The molecule has 0 saturated carbocycles. The van der Waals surface area contributed by atoms with Crippen molar-refractivity contribution in [3.05, 3.63) is 29.8 Å². The van der Waals surface area contributed by atoms with Crippen molar-refractivity contribution in [3.8, 4) is 0 Å². The van der Waals surface area contributed by atoms with Crippen molar-refractivity contribution >= 4 is 17.6 Å². The Hall–Kier alpha value is -2.04. The molecule has 1 aromatic rings. The van der Waals surface area contributed by atoms with Gasteiger partial charge in [0.1, 0.15) is 0 Å². The molecule has 1 aromatic carbocycles. The Bertz CT molecular complexity index is 377. The zero-order valence-corrected chi connectivity index (χ0v) is 8.41. The summed E-state index contributed by atoms with van der Waals surface area (Å²) < 4.78 is 0. The van der Waals surface area contributed by atoms with Crippen LogP contribution in [0.1, 0.15) is 12.5 Å². The van der Waals surface area contributed by atoms with Gasteiger partial charge in [-0.3, -0.25) is 4.79 Å². The zero-order valence-electron chi connectivity index (χ0n) is 8.41. The standard InChI is InChI=1S/C10H13N3O2/c1-7(14)12-6-8-3-2-4-9(5-8)13-10(11)15/h2-5H,6H2,1H3,(H,12,14)(H3,11,13,15). The predicted octanol–water partition coefficient (Wildman–Crippen LogP) is 0.813. The predicted molar refractivity (Wildman–Crippen MR) is 57.2 cm³/mol. The number of primary amides is 1. The van der Waals surface area contributed by atoms with Crippen LogP contribution in [0.5, 0.6) is 0 Å². The monoisotopic (exact) mass is 207 g/mol. The second-order valence-corrected chi connectivity index (χ2v) is 3.10. The van der Waals surface area contributed by atoms with Crippen LogP contribution in [0.4, 0.5) is 10.5 Å². The highest BCUT2D eigenvalue weighted by Crippen LogP contribution is 2.09. The SMILES string of the molecule is CC(=O)NCc1cccc(NC(N)=O)c1. The Morgan fingerprint density at radius 1 is 1.40 bits per heavy atom. The molecule has 1 rings (SSSR count). The Kier molecular flexibility index (Phi) is 3.68. The minimum Gasteiger partial charge on any atom is -0.352 e. The van der Waals surface area contributed by atoms with E-state index < -0.39 is 6.03 Å². The molecule has 0 aliphatic rings.